The number of para-hydroxylation sites is 1. The highest BCUT2D eigenvalue weighted by Gasteiger charge is 2.51. The van der Waals surface area contributed by atoms with Gasteiger partial charge in [0.05, 0.1) is 33.4 Å². The van der Waals surface area contributed by atoms with Crippen LogP contribution in [0, 0.1) is 0 Å². The average Bonchev–Trinajstić information content (AvgIpc) is 3.69. The molecule has 2 aliphatic carbocycles. The van der Waals surface area contributed by atoms with Crippen LogP contribution in [0.15, 0.2) is 176 Å². The molecule has 244 valence electrons. The Hall–Kier alpha value is -6.97. The number of rotatable bonds is 2. The first-order chi connectivity index (χ1) is 26.3. The third-order valence-electron chi connectivity index (χ3n) is 11.7. The predicted octanol–water partition coefficient (Wildman–Crippen LogP) is 12.2. The van der Waals surface area contributed by atoms with E-state index in [1.54, 1.807) is 0 Å². The van der Waals surface area contributed by atoms with Gasteiger partial charge in [-0.25, -0.2) is 9.97 Å². The van der Waals surface area contributed by atoms with Crippen molar-refractivity contribution < 1.29 is 0 Å². The molecule has 3 heteroatoms. The van der Waals surface area contributed by atoms with E-state index in [-0.39, 0.29) is 0 Å². The molecule has 3 heterocycles. The second kappa shape index (κ2) is 10.5. The lowest BCUT2D eigenvalue weighted by Crippen LogP contribution is -2.25. The molecule has 0 amide bonds. The Morgan fingerprint density at radius 2 is 0.981 bits per heavy atom. The number of fused-ring (bicyclic) bond motifs is 16. The molecule has 0 saturated carbocycles. The minimum absolute atomic E-state index is 0.396. The zero-order chi connectivity index (χ0) is 34.7. The van der Waals surface area contributed by atoms with Gasteiger partial charge in [0.1, 0.15) is 0 Å². The summed E-state index contributed by atoms with van der Waals surface area (Å²) in [5, 5.41) is 5.72. The van der Waals surface area contributed by atoms with Crippen molar-refractivity contribution in [2.75, 3.05) is 0 Å². The Kier molecular flexibility index (Phi) is 5.70. The van der Waals surface area contributed by atoms with E-state index in [9.17, 15) is 0 Å². The minimum Gasteiger partial charge on any atom is -0.254 e. The van der Waals surface area contributed by atoms with Crippen molar-refractivity contribution in [2.45, 2.75) is 5.41 Å². The fraction of sp³-hybridized carbons (Fsp3) is 0.0200. The normalized spacial score (nSPS) is 13.4. The van der Waals surface area contributed by atoms with Crippen molar-refractivity contribution in [1.82, 2.24) is 15.0 Å². The largest absolute Gasteiger partial charge is 0.254 e. The summed E-state index contributed by atoms with van der Waals surface area (Å²) in [5.74, 6) is 0. The molecular weight excluding hydrogens is 643 g/mol. The Morgan fingerprint density at radius 1 is 0.377 bits per heavy atom. The summed E-state index contributed by atoms with van der Waals surface area (Å²) in [6.45, 7) is 0. The van der Waals surface area contributed by atoms with Crippen molar-refractivity contribution in [2.24, 2.45) is 0 Å². The number of pyridine rings is 3. The number of hydrogen-bond acceptors (Lipinski definition) is 3. The predicted molar refractivity (Wildman–Crippen MR) is 217 cm³/mol. The van der Waals surface area contributed by atoms with Crippen LogP contribution in [0.2, 0.25) is 0 Å². The van der Waals surface area contributed by atoms with Crippen LogP contribution in [0.25, 0.3) is 88.2 Å². The van der Waals surface area contributed by atoms with Crippen LogP contribution in [-0.2, 0) is 5.41 Å². The molecule has 0 fully saturated rings. The maximum Gasteiger partial charge on any atom is 0.0972 e. The molecular formula is C50H29N3. The number of aromatic nitrogens is 3. The van der Waals surface area contributed by atoms with Gasteiger partial charge in [0.2, 0.25) is 0 Å². The first-order valence-corrected chi connectivity index (χ1v) is 18.2. The lowest BCUT2D eigenvalue weighted by Gasteiger charge is -2.30. The Balaban J connectivity index is 1.09. The van der Waals surface area contributed by atoms with Gasteiger partial charge < -0.3 is 0 Å². The summed E-state index contributed by atoms with van der Waals surface area (Å²) in [6, 6.07) is 61.8. The van der Waals surface area contributed by atoms with Gasteiger partial charge in [0, 0.05) is 38.9 Å². The van der Waals surface area contributed by atoms with Crippen molar-refractivity contribution in [1.29, 1.82) is 0 Å². The van der Waals surface area contributed by atoms with Crippen LogP contribution in [0.4, 0.5) is 0 Å². The van der Waals surface area contributed by atoms with E-state index < -0.39 is 5.41 Å². The number of benzene rings is 7. The van der Waals surface area contributed by atoms with E-state index in [1.807, 2.05) is 12.3 Å². The minimum atomic E-state index is -0.396. The molecule has 0 N–H and O–H groups in total. The van der Waals surface area contributed by atoms with Gasteiger partial charge in [-0.2, -0.15) is 0 Å². The summed E-state index contributed by atoms with van der Waals surface area (Å²) in [5.41, 5.74) is 17.1. The second-order valence-corrected chi connectivity index (χ2v) is 14.3. The molecule has 0 unspecified atom stereocenters. The average molecular weight is 672 g/mol. The Bertz CT molecular complexity index is 3130. The maximum absolute atomic E-state index is 5.37. The summed E-state index contributed by atoms with van der Waals surface area (Å²) in [6.07, 6.45) is 1.84. The standard InChI is InChI=1S/C50H29N3/c1-5-15-41-34(11-1)35-12-2-6-16-42(35)50(41)43-17-7-3-13-36(43)39-28-40-38(29-44(39)50)37-14-4-8-18-46(37)53-47(40)32-21-19-30(20-22-32)45-26-25-33-24-23-31-10-9-27-51-48(31)49(33)52-45/h1-29H. The summed E-state index contributed by atoms with van der Waals surface area (Å²) in [4.78, 5) is 15.2. The first-order valence-electron chi connectivity index (χ1n) is 18.2. The molecule has 53 heavy (non-hydrogen) atoms. The summed E-state index contributed by atoms with van der Waals surface area (Å²) < 4.78 is 0. The van der Waals surface area contributed by atoms with Crippen LogP contribution < -0.4 is 0 Å². The van der Waals surface area contributed by atoms with Gasteiger partial charge in [-0.1, -0.05) is 140 Å². The van der Waals surface area contributed by atoms with Crippen LogP contribution >= 0.6 is 0 Å². The van der Waals surface area contributed by atoms with Gasteiger partial charge in [0.15, 0.2) is 0 Å². The van der Waals surface area contributed by atoms with E-state index in [1.165, 1.54) is 49.9 Å². The molecule has 12 rings (SSSR count). The van der Waals surface area contributed by atoms with E-state index in [0.717, 1.165) is 60.6 Å². The summed E-state index contributed by atoms with van der Waals surface area (Å²) >= 11 is 0. The molecule has 3 aromatic heterocycles. The second-order valence-electron chi connectivity index (χ2n) is 14.3. The Labute approximate surface area is 305 Å². The highest BCUT2D eigenvalue weighted by Crippen LogP contribution is 2.63. The van der Waals surface area contributed by atoms with Crippen LogP contribution in [-0.4, -0.2) is 15.0 Å². The van der Waals surface area contributed by atoms with Gasteiger partial charge >= 0.3 is 0 Å². The SMILES string of the molecule is c1ccc2c(c1)-c1ccccc1C21c2ccccc2-c2cc3c(-c4ccc(-c5ccc6ccc7cccnc7c6n5)cc4)nc4ccccc4c3cc21. The first kappa shape index (κ1) is 28.7. The molecule has 0 aliphatic heterocycles. The summed E-state index contributed by atoms with van der Waals surface area (Å²) in [7, 11) is 0. The molecule has 0 saturated heterocycles. The molecule has 2 aliphatic rings. The smallest absolute Gasteiger partial charge is 0.0972 e. The molecule has 1 spiro atoms. The topological polar surface area (TPSA) is 38.7 Å². The molecule has 3 nitrogen and oxygen atoms in total. The van der Waals surface area contributed by atoms with E-state index in [2.05, 4.69) is 169 Å². The van der Waals surface area contributed by atoms with Crippen molar-refractivity contribution in [3.05, 3.63) is 198 Å². The fourth-order valence-corrected chi connectivity index (χ4v) is 9.44. The maximum atomic E-state index is 5.37. The fourth-order valence-electron chi connectivity index (χ4n) is 9.44. The van der Waals surface area contributed by atoms with Gasteiger partial charge in [-0.3, -0.25) is 4.98 Å². The zero-order valence-corrected chi connectivity index (χ0v) is 28.6. The van der Waals surface area contributed by atoms with Crippen LogP contribution in [0.3, 0.4) is 0 Å². The van der Waals surface area contributed by atoms with E-state index >= 15 is 0 Å². The van der Waals surface area contributed by atoms with Gasteiger partial charge in [0.25, 0.3) is 0 Å². The zero-order valence-electron chi connectivity index (χ0n) is 28.6. The van der Waals surface area contributed by atoms with Crippen LogP contribution in [0.1, 0.15) is 22.3 Å². The van der Waals surface area contributed by atoms with Crippen molar-refractivity contribution in [3.8, 4) is 44.8 Å². The number of hydrogen-bond donors (Lipinski definition) is 0. The quantitative estimate of drug-likeness (QED) is 0.172. The van der Waals surface area contributed by atoms with Crippen molar-refractivity contribution in [3.63, 3.8) is 0 Å². The molecule has 0 radical (unpaired) electrons. The third kappa shape index (κ3) is 3.80. The monoisotopic (exact) mass is 671 g/mol. The highest BCUT2D eigenvalue weighted by molar-refractivity contribution is 6.14. The van der Waals surface area contributed by atoms with E-state index in [4.69, 9.17) is 9.97 Å². The van der Waals surface area contributed by atoms with Crippen molar-refractivity contribution >= 4 is 43.5 Å². The van der Waals surface area contributed by atoms with E-state index in [0.29, 0.717) is 0 Å². The number of nitrogens with zero attached hydrogens (tertiary/aromatic N) is 3. The molecule has 10 aromatic rings. The van der Waals surface area contributed by atoms with Gasteiger partial charge in [-0.05, 0) is 80.2 Å². The lowest BCUT2D eigenvalue weighted by atomic mass is 9.70. The van der Waals surface area contributed by atoms with Crippen LogP contribution in [0.5, 0.6) is 0 Å². The molecule has 0 atom stereocenters. The molecule has 0 bridgehead atoms. The highest BCUT2D eigenvalue weighted by atomic mass is 14.8. The molecule has 7 aromatic carbocycles. The third-order valence-corrected chi connectivity index (χ3v) is 11.7. The van der Waals surface area contributed by atoms with Gasteiger partial charge in [-0.15, -0.1) is 0 Å². The Morgan fingerprint density at radius 3 is 1.72 bits per heavy atom. The lowest BCUT2D eigenvalue weighted by molar-refractivity contribution is 0.795.